The maximum absolute atomic E-state index is 13.6. The van der Waals surface area contributed by atoms with Crippen LogP contribution in [0.5, 0.6) is 5.75 Å². The number of aromatic hydroxyl groups is 1. The number of rotatable bonds is 8. The molecule has 0 radical (unpaired) electrons. The average Bonchev–Trinajstić information content (AvgIpc) is 2.92. The molecule has 0 unspecified atom stereocenters. The quantitative estimate of drug-likeness (QED) is 0.194. The molecule has 3 N–H and O–H groups in total. The summed E-state index contributed by atoms with van der Waals surface area (Å²) in [7, 11) is -4.50. The first-order chi connectivity index (χ1) is 18.6. The molecule has 200 valence electrons. The molecule has 1 heterocycles. The number of carbonyl (C=O) groups excluding carboxylic acids is 1. The lowest BCUT2D eigenvalue weighted by atomic mass is 9.77. The molecule has 4 aromatic carbocycles. The molecular weight excluding hydrogens is 521 g/mol. The van der Waals surface area contributed by atoms with Crippen LogP contribution in [0, 0.1) is 11.7 Å². The predicted molar refractivity (Wildman–Crippen MR) is 144 cm³/mol. The number of hydrogen-bond acceptors (Lipinski definition) is 5. The summed E-state index contributed by atoms with van der Waals surface area (Å²) >= 11 is 0. The van der Waals surface area contributed by atoms with Gasteiger partial charge in [-0.25, -0.2) is 4.39 Å². The van der Waals surface area contributed by atoms with Crippen molar-refractivity contribution in [3.05, 3.63) is 114 Å². The molecule has 1 saturated heterocycles. The lowest BCUT2D eigenvalue weighted by Gasteiger charge is -2.48. The maximum atomic E-state index is 13.6. The first kappa shape index (κ1) is 26.6. The highest BCUT2D eigenvalue weighted by Crippen LogP contribution is 2.49. The smallest absolute Gasteiger partial charge is 0.295 e. The van der Waals surface area contributed by atoms with Crippen LogP contribution in [-0.4, -0.2) is 29.1 Å². The Labute approximate surface area is 225 Å². The zero-order valence-electron chi connectivity index (χ0n) is 20.7. The minimum Gasteiger partial charge on any atom is -0.508 e. The van der Waals surface area contributed by atoms with Crippen molar-refractivity contribution in [2.45, 2.75) is 29.9 Å². The van der Waals surface area contributed by atoms with Gasteiger partial charge < -0.3 is 15.1 Å². The number of hydrogen-bond donors (Lipinski definition) is 3. The van der Waals surface area contributed by atoms with E-state index in [0.717, 1.165) is 0 Å². The fourth-order valence-corrected chi connectivity index (χ4v) is 5.89. The van der Waals surface area contributed by atoms with E-state index in [9.17, 15) is 32.4 Å². The molecular formula is C30H26FNO6S. The SMILES string of the molecule is O=C1[C@H](CC[C@H](O)c2cccc(F)c2)[C@@H](c2ccc(-c3ccccc3S(=O)(=O)O)cc2O)N1c1ccccc1. The van der Waals surface area contributed by atoms with Gasteiger partial charge in [-0.2, -0.15) is 8.42 Å². The molecule has 3 atom stereocenters. The van der Waals surface area contributed by atoms with Gasteiger partial charge in [-0.15, -0.1) is 0 Å². The molecule has 5 rings (SSSR count). The van der Waals surface area contributed by atoms with Crippen molar-refractivity contribution in [3.63, 3.8) is 0 Å². The maximum Gasteiger partial charge on any atom is 0.295 e. The Morgan fingerprint density at radius 2 is 1.62 bits per heavy atom. The largest absolute Gasteiger partial charge is 0.508 e. The minimum absolute atomic E-state index is 0.147. The molecule has 1 fully saturated rings. The summed E-state index contributed by atoms with van der Waals surface area (Å²) in [4.78, 5) is 14.6. The molecule has 9 heteroatoms. The number of phenols is 1. The monoisotopic (exact) mass is 547 g/mol. The first-order valence-electron chi connectivity index (χ1n) is 12.4. The van der Waals surface area contributed by atoms with Gasteiger partial charge in [0, 0.05) is 16.8 Å². The summed E-state index contributed by atoms with van der Waals surface area (Å²) in [6, 6.07) is 24.7. The van der Waals surface area contributed by atoms with Crippen molar-refractivity contribution >= 4 is 21.7 Å². The third-order valence-electron chi connectivity index (χ3n) is 7.06. The number of aliphatic hydroxyl groups excluding tert-OH is 1. The van der Waals surface area contributed by atoms with Gasteiger partial charge in [0.15, 0.2) is 0 Å². The van der Waals surface area contributed by atoms with E-state index in [4.69, 9.17) is 0 Å². The van der Waals surface area contributed by atoms with Gasteiger partial charge in [-0.1, -0.05) is 60.7 Å². The molecule has 7 nitrogen and oxygen atoms in total. The van der Waals surface area contributed by atoms with E-state index in [1.54, 1.807) is 53.4 Å². The molecule has 1 amide bonds. The summed E-state index contributed by atoms with van der Waals surface area (Å²) in [5, 5.41) is 21.7. The molecule has 0 aliphatic carbocycles. The van der Waals surface area contributed by atoms with Crippen molar-refractivity contribution in [3.8, 4) is 16.9 Å². The molecule has 0 spiro atoms. The van der Waals surface area contributed by atoms with Gasteiger partial charge in [0.1, 0.15) is 16.5 Å². The van der Waals surface area contributed by atoms with E-state index in [1.807, 2.05) is 6.07 Å². The second-order valence-electron chi connectivity index (χ2n) is 9.49. The molecule has 4 aromatic rings. The van der Waals surface area contributed by atoms with Crippen molar-refractivity contribution in [1.82, 2.24) is 0 Å². The number of nitrogens with zero attached hydrogens (tertiary/aromatic N) is 1. The second-order valence-corrected chi connectivity index (χ2v) is 10.9. The number of anilines is 1. The number of halogens is 1. The van der Waals surface area contributed by atoms with Crippen molar-refractivity contribution in [2.24, 2.45) is 5.92 Å². The number of amides is 1. The zero-order valence-corrected chi connectivity index (χ0v) is 21.5. The Bertz CT molecular complexity index is 1630. The number of phenolic OH excluding ortho intramolecular Hbond substituents is 1. The lowest BCUT2D eigenvalue weighted by molar-refractivity contribution is -0.131. The van der Waals surface area contributed by atoms with Crippen molar-refractivity contribution in [1.29, 1.82) is 0 Å². The highest BCUT2D eigenvalue weighted by Gasteiger charge is 2.49. The van der Waals surface area contributed by atoms with E-state index in [-0.39, 0.29) is 35.0 Å². The van der Waals surface area contributed by atoms with Gasteiger partial charge in [0.25, 0.3) is 10.1 Å². The van der Waals surface area contributed by atoms with Crippen LogP contribution in [0.2, 0.25) is 0 Å². The molecule has 1 aliphatic heterocycles. The first-order valence-corrected chi connectivity index (χ1v) is 13.8. The minimum atomic E-state index is -4.50. The van der Waals surface area contributed by atoms with Gasteiger partial charge in [-0.05, 0) is 60.4 Å². The lowest BCUT2D eigenvalue weighted by Crippen LogP contribution is -2.55. The van der Waals surface area contributed by atoms with Gasteiger partial charge in [0.2, 0.25) is 5.91 Å². The number of β-lactam (4-membered cyclic amide) rings is 1. The van der Waals surface area contributed by atoms with Crippen LogP contribution in [0.4, 0.5) is 10.1 Å². The summed E-state index contributed by atoms with van der Waals surface area (Å²) in [5.74, 6) is -1.33. The second kappa shape index (κ2) is 10.6. The normalized spacial score (nSPS) is 18.0. The van der Waals surface area contributed by atoms with Gasteiger partial charge in [-0.3, -0.25) is 9.35 Å². The van der Waals surface area contributed by atoms with Crippen LogP contribution in [-0.2, 0) is 14.9 Å². The fraction of sp³-hybridized carbons (Fsp3) is 0.167. The standard InChI is InChI=1S/C30H26FNO6S/c31-21-8-6-7-20(17-21)26(33)16-15-25-29(32(30(25)35)22-9-2-1-3-10-22)24-14-13-19(18-27(24)34)23-11-4-5-12-28(23)39(36,37)38/h1-14,17-18,25-26,29,33-34H,15-16H2,(H,36,37,38)/t25-,26+,29-/m1/s1. The summed E-state index contributed by atoms with van der Waals surface area (Å²) in [6.45, 7) is 0. The Balaban J connectivity index is 1.47. The zero-order chi connectivity index (χ0) is 27.7. The molecule has 39 heavy (non-hydrogen) atoms. The van der Waals surface area contributed by atoms with Crippen molar-refractivity contribution < 1.29 is 32.4 Å². The Morgan fingerprint density at radius 3 is 2.31 bits per heavy atom. The van der Waals surface area contributed by atoms with E-state index in [1.165, 1.54) is 42.5 Å². The number of para-hydroxylation sites is 1. The highest BCUT2D eigenvalue weighted by atomic mass is 32.2. The van der Waals surface area contributed by atoms with Crippen LogP contribution in [0.1, 0.15) is 36.1 Å². The molecule has 0 aromatic heterocycles. The third kappa shape index (κ3) is 5.29. The average molecular weight is 548 g/mol. The van der Waals surface area contributed by atoms with Gasteiger partial charge in [0.05, 0.1) is 18.1 Å². The molecule has 1 aliphatic rings. The topological polar surface area (TPSA) is 115 Å². The van der Waals surface area contributed by atoms with E-state index < -0.39 is 34.0 Å². The fourth-order valence-electron chi connectivity index (χ4n) is 5.17. The number of carbonyl (C=O) groups is 1. The Morgan fingerprint density at radius 1 is 0.897 bits per heavy atom. The van der Waals surface area contributed by atoms with E-state index >= 15 is 0 Å². The van der Waals surface area contributed by atoms with E-state index in [2.05, 4.69) is 0 Å². The van der Waals surface area contributed by atoms with Crippen LogP contribution in [0.3, 0.4) is 0 Å². The van der Waals surface area contributed by atoms with E-state index in [0.29, 0.717) is 22.4 Å². The molecule has 0 saturated carbocycles. The summed E-state index contributed by atoms with van der Waals surface area (Å²) in [5.41, 5.74) is 2.12. The van der Waals surface area contributed by atoms with Crippen LogP contribution >= 0.6 is 0 Å². The van der Waals surface area contributed by atoms with Gasteiger partial charge >= 0.3 is 0 Å². The highest BCUT2D eigenvalue weighted by molar-refractivity contribution is 7.86. The summed E-state index contributed by atoms with van der Waals surface area (Å²) < 4.78 is 47.0. The van der Waals surface area contributed by atoms with Crippen LogP contribution < -0.4 is 4.90 Å². The van der Waals surface area contributed by atoms with Crippen LogP contribution in [0.15, 0.2) is 102 Å². The van der Waals surface area contributed by atoms with Crippen molar-refractivity contribution in [2.75, 3.05) is 4.90 Å². The number of benzene rings is 4. The predicted octanol–water partition coefficient (Wildman–Crippen LogP) is 5.66. The third-order valence-corrected chi connectivity index (χ3v) is 7.97. The number of aliphatic hydroxyl groups is 1. The summed E-state index contributed by atoms with van der Waals surface area (Å²) in [6.07, 6.45) is -0.468. The molecule has 0 bridgehead atoms. The Hall–Kier alpha value is -4.05. The Kier molecular flexibility index (Phi) is 7.22. The van der Waals surface area contributed by atoms with Crippen LogP contribution in [0.25, 0.3) is 11.1 Å².